The molecule has 43 heavy (non-hydrogen) atoms. The van der Waals surface area contributed by atoms with Gasteiger partial charge in [0.1, 0.15) is 5.52 Å². The lowest BCUT2D eigenvalue weighted by atomic mass is 9.92. The van der Waals surface area contributed by atoms with Gasteiger partial charge < -0.3 is 15.3 Å². The van der Waals surface area contributed by atoms with Crippen molar-refractivity contribution in [1.29, 1.82) is 0 Å². The van der Waals surface area contributed by atoms with Gasteiger partial charge in [-0.15, -0.1) is 0 Å². The Labute approximate surface area is 268 Å². The van der Waals surface area contributed by atoms with E-state index in [1.54, 1.807) is 35.0 Å². The number of rotatable bonds is 9. The van der Waals surface area contributed by atoms with E-state index in [9.17, 15) is 14.7 Å². The van der Waals surface area contributed by atoms with E-state index in [1.807, 2.05) is 35.3 Å². The quantitative estimate of drug-likeness (QED) is 0.231. The van der Waals surface area contributed by atoms with E-state index in [1.165, 1.54) is 16.7 Å². The van der Waals surface area contributed by atoms with Crippen molar-refractivity contribution in [2.75, 3.05) is 33.7 Å². The normalized spacial score (nSPS) is 14.0. The van der Waals surface area contributed by atoms with Crippen LogP contribution in [0, 0.1) is 13.8 Å². The number of aliphatic hydroxyl groups is 1. The second-order valence-electron chi connectivity index (χ2n) is 11.5. The second-order valence-corrected chi connectivity index (χ2v) is 13.2. The maximum Gasteiger partial charge on any atom is 0.253 e. The lowest BCUT2D eigenvalue weighted by Crippen LogP contribution is -2.36. The molecule has 1 aliphatic heterocycles. The van der Waals surface area contributed by atoms with Gasteiger partial charge in [-0.25, -0.2) is 9.97 Å². The van der Waals surface area contributed by atoms with Crippen LogP contribution in [0.4, 0.5) is 0 Å². The van der Waals surface area contributed by atoms with E-state index < -0.39 is 6.10 Å². The smallest absolute Gasteiger partial charge is 0.253 e. The number of aromatic nitrogens is 3. The zero-order valence-corrected chi connectivity index (χ0v) is 28.1. The fourth-order valence-electron chi connectivity index (χ4n) is 5.61. The number of aryl methyl sites for hydroxylation is 2. The summed E-state index contributed by atoms with van der Waals surface area (Å²) in [6.45, 7) is 8.41. The van der Waals surface area contributed by atoms with Crippen LogP contribution in [0.1, 0.15) is 46.0 Å². The SMILES string of the molecule is Cc1cc(-c2cn(SI)c3ncc(-c4cc(C)c5c(c4)CN(CCC(=O)NCC(C)O)CC5)nc23)ccc1C(=O)N(C)C. The average Bonchev–Trinajstić information content (AvgIpc) is 3.36. The zero-order valence-electron chi connectivity index (χ0n) is 25.1. The first-order valence-electron chi connectivity index (χ1n) is 14.4. The van der Waals surface area contributed by atoms with Gasteiger partial charge in [0.05, 0.1) is 18.0 Å². The number of carbonyl (C=O) groups is 2. The maximum atomic E-state index is 12.6. The lowest BCUT2D eigenvalue weighted by molar-refractivity contribution is -0.121. The van der Waals surface area contributed by atoms with E-state index >= 15 is 0 Å². The van der Waals surface area contributed by atoms with Crippen molar-refractivity contribution in [1.82, 2.24) is 29.1 Å². The number of hydrogen-bond donors (Lipinski definition) is 2. The standard InChI is InChI=1S/C32H37IN6O3S/c1-19-13-23(14-24-17-38(10-8-25(19)24)11-9-29(41)34-15-21(3)40)28-16-35-31-30(36-28)27(18-39(31)43-33)22-6-7-26(20(2)12-22)32(42)37(4)5/h6-7,12-14,16,18,21,40H,8-11,15,17H2,1-5H3,(H,34,41). The highest BCUT2D eigenvalue weighted by Gasteiger charge is 2.22. The summed E-state index contributed by atoms with van der Waals surface area (Å²) in [5.74, 6) is -0.0564. The van der Waals surface area contributed by atoms with Crippen LogP contribution in [0.15, 0.2) is 42.7 Å². The third kappa shape index (κ3) is 6.89. The molecule has 11 heteroatoms. The third-order valence-electron chi connectivity index (χ3n) is 7.89. The first kappa shape index (κ1) is 31.4. The van der Waals surface area contributed by atoms with Crippen LogP contribution in [0.2, 0.25) is 0 Å². The highest BCUT2D eigenvalue weighted by molar-refractivity contribution is 14.2. The molecule has 0 bridgehead atoms. The number of nitrogens with one attached hydrogen (secondary N) is 1. The largest absolute Gasteiger partial charge is 0.392 e. The highest BCUT2D eigenvalue weighted by atomic mass is 127. The molecule has 0 saturated carbocycles. The molecular formula is C32H37IN6O3S. The van der Waals surface area contributed by atoms with Gasteiger partial charge in [-0.3, -0.25) is 18.5 Å². The van der Waals surface area contributed by atoms with E-state index in [-0.39, 0.29) is 18.4 Å². The lowest BCUT2D eigenvalue weighted by Gasteiger charge is -2.30. The fraction of sp³-hybridized carbons (Fsp3) is 0.375. The number of hydrogen-bond acceptors (Lipinski definition) is 7. The second kappa shape index (κ2) is 13.3. The molecule has 1 aliphatic rings. The summed E-state index contributed by atoms with van der Waals surface area (Å²) in [4.78, 5) is 38.7. The van der Waals surface area contributed by atoms with Gasteiger partial charge in [0.15, 0.2) is 5.65 Å². The van der Waals surface area contributed by atoms with E-state index in [0.717, 1.165) is 58.6 Å². The number of fused-ring (bicyclic) bond motifs is 2. The van der Waals surface area contributed by atoms with Crippen molar-refractivity contribution in [2.24, 2.45) is 0 Å². The Morgan fingerprint density at radius 1 is 1.16 bits per heavy atom. The summed E-state index contributed by atoms with van der Waals surface area (Å²) in [7, 11) is 5.06. The molecule has 5 rings (SSSR count). The predicted molar refractivity (Wildman–Crippen MR) is 181 cm³/mol. The first-order chi connectivity index (χ1) is 20.5. The number of benzene rings is 2. The predicted octanol–water partition coefficient (Wildman–Crippen LogP) is 5.18. The number of carbonyl (C=O) groups excluding carboxylic acids is 2. The Morgan fingerprint density at radius 2 is 1.93 bits per heavy atom. The van der Waals surface area contributed by atoms with Gasteiger partial charge in [0.2, 0.25) is 5.91 Å². The monoisotopic (exact) mass is 712 g/mol. The fourth-order valence-corrected chi connectivity index (χ4v) is 6.85. The summed E-state index contributed by atoms with van der Waals surface area (Å²) in [6.07, 6.45) is 4.69. The Bertz CT molecular complexity index is 1690. The van der Waals surface area contributed by atoms with Gasteiger partial charge in [-0.05, 0) is 73.2 Å². The van der Waals surface area contributed by atoms with Crippen molar-refractivity contribution in [2.45, 2.75) is 46.3 Å². The first-order valence-corrected chi connectivity index (χ1v) is 17.7. The van der Waals surface area contributed by atoms with Crippen LogP contribution in [-0.2, 0) is 17.8 Å². The zero-order chi connectivity index (χ0) is 30.8. The summed E-state index contributed by atoms with van der Waals surface area (Å²) < 4.78 is 2.02. The van der Waals surface area contributed by atoms with Gasteiger partial charge in [0, 0.05) is 99.9 Å². The summed E-state index contributed by atoms with van der Waals surface area (Å²) in [5.41, 5.74) is 10.8. The van der Waals surface area contributed by atoms with Gasteiger partial charge in [-0.2, -0.15) is 0 Å². The van der Waals surface area contributed by atoms with E-state index in [0.29, 0.717) is 18.5 Å². The molecule has 1 atom stereocenters. The number of nitrogens with zero attached hydrogens (tertiary/aromatic N) is 5. The van der Waals surface area contributed by atoms with Crippen LogP contribution < -0.4 is 5.32 Å². The van der Waals surface area contributed by atoms with E-state index in [4.69, 9.17) is 9.97 Å². The Balaban J connectivity index is 1.44. The molecule has 2 N–H and O–H groups in total. The van der Waals surface area contributed by atoms with Crippen LogP contribution in [0.5, 0.6) is 0 Å². The number of aliphatic hydroxyl groups excluding tert-OH is 1. The summed E-state index contributed by atoms with van der Waals surface area (Å²) in [6, 6.07) is 10.3. The molecule has 0 spiro atoms. The minimum atomic E-state index is -0.548. The molecule has 2 amide bonds. The molecule has 1 unspecified atom stereocenters. The van der Waals surface area contributed by atoms with Crippen molar-refractivity contribution < 1.29 is 14.7 Å². The molecular weight excluding hydrogens is 675 g/mol. The number of halogens is 1. The molecule has 2 aromatic heterocycles. The van der Waals surface area contributed by atoms with Crippen molar-refractivity contribution in [3.63, 3.8) is 0 Å². The van der Waals surface area contributed by atoms with E-state index in [2.05, 4.69) is 56.7 Å². The Morgan fingerprint density at radius 3 is 2.63 bits per heavy atom. The van der Waals surface area contributed by atoms with Crippen molar-refractivity contribution in [3.05, 3.63) is 70.5 Å². The summed E-state index contributed by atoms with van der Waals surface area (Å²) >= 11 is 2.25. The van der Waals surface area contributed by atoms with Gasteiger partial charge >= 0.3 is 0 Å². The summed E-state index contributed by atoms with van der Waals surface area (Å²) in [5, 5.41) is 12.2. The number of amides is 2. The van der Waals surface area contributed by atoms with Crippen molar-refractivity contribution >= 4 is 53.3 Å². The third-order valence-corrected chi connectivity index (χ3v) is 9.59. The molecule has 0 aliphatic carbocycles. The van der Waals surface area contributed by atoms with Crippen molar-refractivity contribution in [3.8, 4) is 22.4 Å². The molecule has 0 fully saturated rings. The van der Waals surface area contributed by atoms with Gasteiger partial charge in [0.25, 0.3) is 5.91 Å². The van der Waals surface area contributed by atoms with Crippen LogP contribution >= 0.6 is 30.3 Å². The molecule has 2 aromatic carbocycles. The molecule has 9 nitrogen and oxygen atoms in total. The highest BCUT2D eigenvalue weighted by Crippen LogP contribution is 2.36. The minimum absolute atomic E-state index is 0.0164. The Kier molecular flexibility index (Phi) is 9.74. The van der Waals surface area contributed by atoms with Crippen LogP contribution in [0.3, 0.4) is 0 Å². The van der Waals surface area contributed by atoms with Crippen LogP contribution in [-0.4, -0.2) is 80.5 Å². The van der Waals surface area contributed by atoms with Gasteiger partial charge in [-0.1, -0.05) is 12.1 Å². The molecule has 226 valence electrons. The minimum Gasteiger partial charge on any atom is -0.392 e. The molecule has 4 aromatic rings. The average molecular weight is 713 g/mol. The Hall–Kier alpha value is -3.00. The van der Waals surface area contributed by atoms with Crippen LogP contribution in [0.25, 0.3) is 33.5 Å². The maximum absolute atomic E-state index is 12.6. The molecule has 3 heterocycles. The molecule has 0 saturated heterocycles. The topological polar surface area (TPSA) is 104 Å². The molecule has 0 radical (unpaired) electrons.